The van der Waals surface area contributed by atoms with Gasteiger partial charge in [0.25, 0.3) is 0 Å². The maximum atomic E-state index is 13.6. The van der Waals surface area contributed by atoms with Crippen LogP contribution in [0.2, 0.25) is 0 Å². The molecule has 0 radical (unpaired) electrons. The Morgan fingerprint density at radius 3 is 2.35 bits per heavy atom. The Morgan fingerprint density at radius 1 is 0.900 bits per heavy atom. The first-order valence-corrected chi connectivity index (χ1v) is 6.55. The molecule has 0 fully saturated rings. The van der Waals surface area contributed by atoms with Crippen LogP contribution < -0.4 is 0 Å². The first-order chi connectivity index (χ1) is 9.54. The molecule has 1 heterocycles. The summed E-state index contributed by atoms with van der Waals surface area (Å²) in [4.78, 5) is 12.5. The molecule has 0 saturated heterocycles. The van der Waals surface area contributed by atoms with Crippen LogP contribution >= 0.6 is 11.3 Å². The molecule has 100 valence electrons. The van der Waals surface area contributed by atoms with Gasteiger partial charge in [0.1, 0.15) is 17.5 Å². The summed E-state index contributed by atoms with van der Waals surface area (Å²) in [5.74, 6) is -2.58. The van der Waals surface area contributed by atoms with Gasteiger partial charge in [0.15, 0.2) is 0 Å². The fourth-order valence-electron chi connectivity index (χ4n) is 1.92. The number of ketones is 1. The lowest BCUT2D eigenvalue weighted by molar-refractivity contribution is 0.103. The average molecular weight is 292 g/mol. The van der Waals surface area contributed by atoms with Crippen molar-refractivity contribution in [3.8, 4) is 0 Å². The Morgan fingerprint density at radius 2 is 1.60 bits per heavy atom. The molecule has 0 spiro atoms. The Labute approximate surface area is 116 Å². The molecule has 5 heteroatoms. The smallest absolute Gasteiger partial charge is 0.205 e. The molecular formula is C15H7F3OS. The predicted molar refractivity (Wildman–Crippen MR) is 71.6 cm³/mol. The topological polar surface area (TPSA) is 17.1 Å². The number of thiophene rings is 1. The Balaban J connectivity index is 2.08. The Kier molecular flexibility index (Phi) is 3.06. The van der Waals surface area contributed by atoms with E-state index in [1.807, 2.05) is 0 Å². The van der Waals surface area contributed by atoms with Gasteiger partial charge in [0, 0.05) is 10.8 Å². The average Bonchev–Trinajstić information content (AvgIpc) is 2.81. The molecule has 0 aliphatic rings. The van der Waals surface area contributed by atoms with Crippen LogP contribution in [0.25, 0.3) is 10.1 Å². The second-order valence-corrected chi connectivity index (χ2v) is 5.33. The van der Waals surface area contributed by atoms with Gasteiger partial charge in [-0.25, -0.2) is 13.2 Å². The van der Waals surface area contributed by atoms with Crippen LogP contribution in [0.1, 0.15) is 15.2 Å². The molecule has 20 heavy (non-hydrogen) atoms. The van der Waals surface area contributed by atoms with Crippen LogP contribution in [-0.2, 0) is 0 Å². The SMILES string of the molecule is O=C(c1cc2ccc(F)cc2s1)c1ccc(F)cc1F. The number of hydrogen-bond acceptors (Lipinski definition) is 2. The van der Waals surface area contributed by atoms with E-state index in [2.05, 4.69) is 0 Å². The van der Waals surface area contributed by atoms with Crippen molar-refractivity contribution in [3.63, 3.8) is 0 Å². The molecule has 0 saturated carbocycles. The summed E-state index contributed by atoms with van der Waals surface area (Å²) in [6, 6.07) is 8.55. The second kappa shape index (κ2) is 4.76. The van der Waals surface area contributed by atoms with E-state index < -0.39 is 23.2 Å². The molecule has 0 unspecified atom stereocenters. The Hall–Kier alpha value is -2.14. The molecule has 0 aliphatic heterocycles. The van der Waals surface area contributed by atoms with Gasteiger partial charge < -0.3 is 0 Å². The van der Waals surface area contributed by atoms with E-state index in [1.54, 1.807) is 12.1 Å². The minimum absolute atomic E-state index is 0.196. The zero-order valence-corrected chi connectivity index (χ0v) is 10.8. The van der Waals surface area contributed by atoms with Gasteiger partial charge in [-0.15, -0.1) is 11.3 Å². The number of rotatable bonds is 2. The third-order valence-corrected chi connectivity index (χ3v) is 3.98. The van der Waals surface area contributed by atoms with Crippen molar-refractivity contribution < 1.29 is 18.0 Å². The van der Waals surface area contributed by atoms with Crippen molar-refractivity contribution in [2.45, 2.75) is 0 Å². The van der Waals surface area contributed by atoms with Gasteiger partial charge in [-0.2, -0.15) is 0 Å². The van der Waals surface area contributed by atoms with E-state index in [0.29, 0.717) is 16.2 Å². The lowest BCUT2D eigenvalue weighted by Gasteiger charge is -1.99. The maximum Gasteiger partial charge on any atom is 0.205 e. The van der Waals surface area contributed by atoms with Gasteiger partial charge in [0.05, 0.1) is 10.4 Å². The van der Waals surface area contributed by atoms with E-state index in [0.717, 1.165) is 23.5 Å². The molecule has 0 N–H and O–H groups in total. The van der Waals surface area contributed by atoms with Gasteiger partial charge >= 0.3 is 0 Å². The highest BCUT2D eigenvalue weighted by atomic mass is 32.1. The van der Waals surface area contributed by atoms with Gasteiger partial charge in [0.2, 0.25) is 5.78 Å². The standard InChI is InChI=1S/C15H7F3OS/c16-9-3-4-11(12(18)6-9)15(19)14-5-8-1-2-10(17)7-13(8)20-14/h1-7H. The zero-order chi connectivity index (χ0) is 14.3. The molecule has 1 nitrogen and oxygen atoms in total. The Bertz CT molecular complexity index is 823. The molecule has 0 amide bonds. The number of carbonyl (C=O) groups excluding carboxylic acids is 1. The van der Waals surface area contributed by atoms with Crippen LogP contribution in [0.15, 0.2) is 42.5 Å². The summed E-state index contributed by atoms with van der Waals surface area (Å²) in [7, 11) is 0. The number of hydrogen-bond donors (Lipinski definition) is 0. The molecule has 2 aromatic carbocycles. The van der Waals surface area contributed by atoms with Crippen molar-refractivity contribution in [1.82, 2.24) is 0 Å². The molecule has 0 atom stereocenters. The monoisotopic (exact) mass is 292 g/mol. The number of halogens is 3. The van der Waals surface area contributed by atoms with Crippen molar-refractivity contribution in [3.05, 3.63) is 70.4 Å². The van der Waals surface area contributed by atoms with Crippen molar-refractivity contribution in [1.29, 1.82) is 0 Å². The summed E-state index contributed by atoms with van der Waals surface area (Å²) < 4.78 is 40.1. The van der Waals surface area contributed by atoms with Crippen LogP contribution in [0.5, 0.6) is 0 Å². The third kappa shape index (κ3) is 2.20. The van der Waals surface area contributed by atoms with E-state index in [9.17, 15) is 18.0 Å². The van der Waals surface area contributed by atoms with E-state index >= 15 is 0 Å². The third-order valence-electron chi connectivity index (χ3n) is 2.88. The summed E-state index contributed by atoms with van der Waals surface area (Å²) >= 11 is 1.08. The number of benzene rings is 2. The van der Waals surface area contributed by atoms with Crippen molar-refractivity contribution in [2.75, 3.05) is 0 Å². The normalized spacial score (nSPS) is 10.9. The first kappa shape index (κ1) is 12.9. The first-order valence-electron chi connectivity index (χ1n) is 5.73. The van der Waals surface area contributed by atoms with Crippen LogP contribution in [0, 0.1) is 17.5 Å². The fraction of sp³-hybridized carbons (Fsp3) is 0. The van der Waals surface area contributed by atoms with Crippen molar-refractivity contribution >= 4 is 27.2 Å². The highest BCUT2D eigenvalue weighted by Gasteiger charge is 2.17. The van der Waals surface area contributed by atoms with E-state index in [1.165, 1.54) is 12.1 Å². The fourth-order valence-corrected chi connectivity index (χ4v) is 2.97. The predicted octanol–water partition coefficient (Wildman–Crippen LogP) is 4.55. The molecule has 1 aromatic heterocycles. The van der Waals surface area contributed by atoms with Gasteiger partial charge in [-0.05, 0) is 35.7 Å². The van der Waals surface area contributed by atoms with Crippen LogP contribution in [0.3, 0.4) is 0 Å². The quantitative estimate of drug-likeness (QED) is 0.633. The number of carbonyl (C=O) groups is 1. The van der Waals surface area contributed by atoms with Crippen molar-refractivity contribution in [2.24, 2.45) is 0 Å². The zero-order valence-electron chi connectivity index (χ0n) is 9.99. The highest BCUT2D eigenvalue weighted by Crippen LogP contribution is 2.28. The summed E-state index contributed by atoms with van der Waals surface area (Å²) in [5.41, 5.74) is -0.196. The molecule has 0 aliphatic carbocycles. The van der Waals surface area contributed by atoms with Gasteiger partial charge in [-0.1, -0.05) is 6.07 Å². The summed E-state index contributed by atoms with van der Waals surface area (Å²) in [5, 5.41) is 0.710. The molecular weight excluding hydrogens is 285 g/mol. The van der Waals surface area contributed by atoms with E-state index in [-0.39, 0.29) is 10.4 Å². The van der Waals surface area contributed by atoms with E-state index in [4.69, 9.17) is 0 Å². The van der Waals surface area contributed by atoms with Gasteiger partial charge in [-0.3, -0.25) is 4.79 Å². The number of fused-ring (bicyclic) bond motifs is 1. The lowest BCUT2D eigenvalue weighted by Crippen LogP contribution is -2.02. The minimum Gasteiger partial charge on any atom is -0.288 e. The maximum absolute atomic E-state index is 13.6. The largest absolute Gasteiger partial charge is 0.288 e. The van der Waals surface area contributed by atoms with Crippen LogP contribution in [-0.4, -0.2) is 5.78 Å². The molecule has 3 rings (SSSR count). The molecule has 0 bridgehead atoms. The molecule has 3 aromatic rings. The highest BCUT2D eigenvalue weighted by molar-refractivity contribution is 7.21. The van der Waals surface area contributed by atoms with Crippen LogP contribution in [0.4, 0.5) is 13.2 Å². The summed E-state index contributed by atoms with van der Waals surface area (Å²) in [6.07, 6.45) is 0. The minimum atomic E-state index is -0.904. The lowest BCUT2D eigenvalue weighted by atomic mass is 10.1. The summed E-state index contributed by atoms with van der Waals surface area (Å²) in [6.45, 7) is 0. The second-order valence-electron chi connectivity index (χ2n) is 4.25.